The number of aliphatic hydroxyl groups is 1. The Morgan fingerprint density at radius 3 is 2.44 bits per heavy atom. The lowest BCUT2D eigenvalue weighted by Crippen LogP contribution is -2.41. The summed E-state index contributed by atoms with van der Waals surface area (Å²) in [5.41, 5.74) is 5.39. The number of amides is 1. The highest BCUT2D eigenvalue weighted by Gasteiger charge is 2.37. The van der Waals surface area contributed by atoms with Crippen molar-refractivity contribution in [2.24, 2.45) is 35.3 Å². The molecular weight excluding hydrogens is 202 g/mol. The lowest BCUT2D eigenvalue weighted by molar-refractivity contribution is -0.127. The molecule has 0 spiro atoms. The third kappa shape index (κ3) is 2.97. The molecule has 1 rings (SSSR count). The standard InChI is InChI=1S/C13H25NO2/c1-8(2)10-5-4-9(3)6-11(10)12(7-15)13(14)16/h8-12,15H,4-7H2,1-3H3,(H2,14,16). The average Bonchev–Trinajstić information content (AvgIpc) is 2.17. The summed E-state index contributed by atoms with van der Waals surface area (Å²) in [5, 5.41) is 9.33. The van der Waals surface area contributed by atoms with Crippen LogP contribution in [0, 0.1) is 29.6 Å². The molecule has 0 saturated heterocycles. The Bertz CT molecular complexity index is 240. The number of carbonyl (C=O) groups excluding carboxylic acids is 1. The van der Waals surface area contributed by atoms with Gasteiger partial charge in [0.2, 0.25) is 5.91 Å². The second-order valence-corrected chi connectivity index (χ2v) is 5.68. The van der Waals surface area contributed by atoms with Crippen molar-refractivity contribution in [2.75, 3.05) is 6.61 Å². The van der Waals surface area contributed by atoms with Crippen LogP contribution in [0.5, 0.6) is 0 Å². The van der Waals surface area contributed by atoms with Crippen molar-refractivity contribution in [1.29, 1.82) is 0 Å². The molecule has 0 aliphatic heterocycles. The van der Waals surface area contributed by atoms with Gasteiger partial charge < -0.3 is 10.8 Å². The Morgan fingerprint density at radius 1 is 1.38 bits per heavy atom. The van der Waals surface area contributed by atoms with Crippen molar-refractivity contribution >= 4 is 5.91 Å². The Morgan fingerprint density at radius 2 is 2.00 bits per heavy atom. The molecule has 0 aromatic rings. The number of nitrogens with two attached hydrogens (primary N) is 1. The molecule has 94 valence electrons. The molecule has 4 atom stereocenters. The Labute approximate surface area is 98.4 Å². The monoisotopic (exact) mass is 227 g/mol. The zero-order chi connectivity index (χ0) is 12.3. The molecule has 1 aliphatic rings. The van der Waals surface area contributed by atoms with Crippen molar-refractivity contribution in [2.45, 2.75) is 40.0 Å². The zero-order valence-electron chi connectivity index (χ0n) is 10.6. The lowest BCUT2D eigenvalue weighted by Gasteiger charge is -2.40. The smallest absolute Gasteiger partial charge is 0.223 e. The largest absolute Gasteiger partial charge is 0.396 e. The van der Waals surface area contributed by atoms with Gasteiger partial charge in [0.1, 0.15) is 0 Å². The molecule has 3 heteroatoms. The summed E-state index contributed by atoms with van der Waals surface area (Å²) in [5.74, 6) is 1.31. The Kier molecular flexibility index (Phi) is 4.78. The molecule has 1 aliphatic carbocycles. The van der Waals surface area contributed by atoms with E-state index in [1.54, 1.807) is 0 Å². The quantitative estimate of drug-likeness (QED) is 0.769. The van der Waals surface area contributed by atoms with E-state index < -0.39 is 0 Å². The van der Waals surface area contributed by atoms with Gasteiger partial charge in [0.15, 0.2) is 0 Å². The molecule has 1 fully saturated rings. The molecule has 1 saturated carbocycles. The Balaban J connectivity index is 2.81. The first kappa shape index (κ1) is 13.5. The molecule has 0 aromatic carbocycles. The fourth-order valence-corrected chi connectivity index (χ4v) is 3.18. The third-order valence-corrected chi connectivity index (χ3v) is 4.15. The van der Waals surface area contributed by atoms with Crippen LogP contribution in [0.2, 0.25) is 0 Å². The van der Waals surface area contributed by atoms with E-state index in [1.165, 1.54) is 6.42 Å². The van der Waals surface area contributed by atoms with E-state index in [9.17, 15) is 9.90 Å². The SMILES string of the molecule is CC1CCC(C(C)C)C(C(CO)C(N)=O)C1. The van der Waals surface area contributed by atoms with Crippen molar-refractivity contribution in [3.8, 4) is 0 Å². The molecule has 16 heavy (non-hydrogen) atoms. The van der Waals surface area contributed by atoms with Gasteiger partial charge in [-0.25, -0.2) is 0 Å². The van der Waals surface area contributed by atoms with Crippen molar-refractivity contribution in [1.82, 2.24) is 0 Å². The summed E-state index contributed by atoms with van der Waals surface area (Å²) in [4.78, 5) is 11.4. The van der Waals surface area contributed by atoms with Gasteiger partial charge in [0, 0.05) is 0 Å². The predicted molar refractivity (Wildman–Crippen MR) is 64.6 cm³/mol. The molecule has 0 bridgehead atoms. The summed E-state index contributed by atoms with van der Waals surface area (Å²) in [6.45, 7) is 6.51. The van der Waals surface area contributed by atoms with Crippen LogP contribution in [0.1, 0.15) is 40.0 Å². The fourth-order valence-electron chi connectivity index (χ4n) is 3.18. The molecule has 4 unspecified atom stereocenters. The first-order valence-corrected chi connectivity index (χ1v) is 6.37. The minimum absolute atomic E-state index is 0.101. The van der Waals surface area contributed by atoms with E-state index in [4.69, 9.17) is 5.73 Å². The van der Waals surface area contributed by atoms with Gasteiger partial charge in [0.05, 0.1) is 12.5 Å². The highest BCUT2D eigenvalue weighted by Crippen LogP contribution is 2.41. The highest BCUT2D eigenvalue weighted by atomic mass is 16.3. The van der Waals surface area contributed by atoms with Gasteiger partial charge >= 0.3 is 0 Å². The minimum atomic E-state index is -0.352. The van der Waals surface area contributed by atoms with Gasteiger partial charge in [0.25, 0.3) is 0 Å². The number of rotatable bonds is 4. The Hall–Kier alpha value is -0.570. The molecule has 0 radical (unpaired) electrons. The van der Waals surface area contributed by atoms with Crippen LogP contribution in [0.4, 0.5) is 0 Å². The first-order valence-electron chi connectivity index (χ1n) is 6.37. The first-order chi connectivity index (χ1) is 7.47. The van der Waals surface area contributed by atoms with E-state index >= 15 is 0 Å². The van der Waals surface area contributed by atoms with E-state index in [2.05, 4.69) is 20.8 Å². The van der Waals surface area contributed by atoms with Crippen molar-refractivity contribution in [3.05, 3.63) is 0 Å². The van der Waals surface area contributed by atoms with Crippen LogP contribution in [-0.4, -0.2) is 17.6 Å². The highest BCUT2D eigenvalue weighted by molar-refractivity contribution is 5.77. The second kappa shape index (κ2) is 5.67. The van der Waals surface area contributed by atoms with Crippen molar-refractivity contribution < 1.29 is 9.90 Å². The molecular formula is C13H25NO2. The number of carbonyl (C=O) groups is 1. The van der Waals surface area contributed by atoms with Crippen LogP contribution in [0.3, 0.4) is 0 Å². The lowest BCUT2D eigenvalue weighted by atomic mass is 9.65. The number of hydrogen-bond acceptors (Lipinski definition) is 2. The molecule has 0 aromatic heterocycles. The molecule has 1 amide bonds. The predicted octanol–water partition coefficient (Wildman–Crippen LogP) is 1.79. The van der Waals surface area contributed by atoms with Gasteiger partial charge in [-0.2, -0.15) is 0 Å². The summed E-state index contributed by atoms with van der Waals surface area (Å²) in [7, 11) is 0. The number of primary amides is 1. The third-order valence-electron chi connectivity index (χ3n) is 4.15. The maximum Gasteiger partial charge on any atom is 0.223 e. The average molecular weight is 227 g/mol. The van der Waals surface area contributed by atoms with Gasteiger partial charge in [-0.05, 0) is 36.5 Å². The molecule has 3 nitrogen and oxygen atoms in total. The van der Waals surface area contributed by atoms with Crippen LogP contribution in [0.15, 0.2) is 0 Å². The number of hydrogen-bond donors (Lipinski definition) is 2. The maximum absolute atomic E-state index is 11.4. The molecule has 0 heterocycles. The summed E-state index contributed by atoms with van der Waals surface area (Å²) >= 11 is 0. The van der Waals surface area contributed by atoms with Crippen LogP contribution in [0.25, 0.3) is 0 Å². The van der Waals surface area contributed by atoms with Crippen LogP contribution >= 0.6 is 0 Å². The van der Waals surface area contributed by atoms with Crippen LogP contribution < -0.4 is 5.73 Å². The number of aliphatic hydroxyl groups excluding tert-OH is 1. The zero-order valence-corrected chi connectivity index (χ0v) is 10.6. The van der Waals surface area contributed by atoms with Gasteiger partial charge in [-0.1, -0.05) is 27.2 Å². The summed E-state index contributed by atoms with van der Waals surface area (Å²) in [6, 6.07) is 0. The normalized spacial score (nSPS) is 32.7. The minimum Gasteiger partial charge on any atom is -0.396 e. The van der Waals surface area contributed by atoms with Crippen LogP contribution in [-0.2, 0) is 4.79 Å². The maximum atomic E-state index is 11.4. The van der Waals surface area contributed by atoms with E-state index in [-0.39, 0.29) is 24.3 Å². The second-order valence-electron chi connectivity index (χ2n) is 5.68. The van der Waals surface area contributed by atoms with E-state index in [0.29, 0.717) is 17.8 Å². The van der Waals surface area contributed by atoms with E-state index in [1.807, 2.05) is 0 Å². The molecule has 3 N–H and O–H groups in total. The topological polar surface area (TPSA) is 63.3 Å². The van der Waals surface area contributed by atoms with Gasteiger partial charge in [-0.15, -0.1) is 0 Å². The van der Waals surface area contributed by atoms with E-state index in [0.717, 1.165) is 12.8 Å². The van der Waals surface area contributed by atoms with Gasteiger partial charge in [-0.3, -0.25) is 4.79 Å². The fraction of sp³-hybridized carbons (Fsp3) is 0.923. The summed E-state index contributed by atoms with van der Waals surface area (Å²) in [6.07, 6.45) is 3.42. The summed E-state index contributed by atoms with van der Waals surface area (Å²) < 4.78 is 0. The van der Waals surface area contributed by atoms with Crippen molar-refractivity contribution in [3.63, 3.8) is 0 Å².